The lowest BCUT2D eigenvalue weighted by Gasteiger charge is -2.01. The predicted molar refractivity (Wildman–Crippen MR) is 53.3 cm³/mol. The molecule has 1 heteroatoms. The number of rotatable bonds is 0. The van der Waals surface area contributed by atoms with Crippen LogP contribution in [0, 0.1) is 0 Å². The van der Waals surface area contributed by atoms with Gasteiger partial charge in [0.1, 0.15) is 0 Å². The van der Waals surface area contributed by atoms with Crippen molar-refractivity contribution >= 4 is 17.7 Å². The molecule has 0 radical (unpaired) electrons. The second-order valence-corrected chi connectivity index (χ2v) is 3.27. The van der Waals surface area contributed by atoms with Crippen LogP contribution < -0.4 is 0 Å². The van der Waals surface area contributed by atoms with Gasteiger partial charge in [-0.15, -0.1) is 0 Å². The zero-order chi connectivity index (χ0) is 8.39. The largest absolute Gasteiger partial charge is 0.0843 e. The van der Waals surface area contributed by atoms with Crippen molar-refractivity contribution in [3.8, 4) is 0 Å². The molecule has 0 aromatic heterocycles. The first-order chi connectivity index (χ1) is 5.86. The van der Waals surface area contributed by atoms with Crippen molar-refractivity contribution in [1.82, 2.24) is 0 Å². The summed E-state index contributed by atoms with van der Waals surface area (Å²) in [5, 5.41) is 0.806. The first-order valence-electron chi connectivity index (χ1n) is 3.98. The fourth-order valence-corrected chi connectivity index (χ4v) is 1.52. The van der Waals surface area contributed by atoms with Gasteiger partial charge in [-0.25, -0.2) is 0 Å². The summed E-state index contributed by atoms with van der Waals surface area (Å²) in [7, 11) is 0. The second-order valence-electron chi connectivity index (χ2n) is 2.83. The number of halogens is 1. The van der Waals surface area contributed by atoms with E-state index in [-0.39, 0.29) is 0 Å². The van der Waals surface area contributed by atoms with E-state index in [2.05, 4.69) is 24.3 Å². The van der Waals surface area contributed by atoms with E-state index in [9.17, 15) is 0 Å². The highest BCUT2D eigenvalue weighted by Crippen LogP contribution is 2.19. The van der Waals surface area contributed by atoms with Gasteiger partial charge in [-0.2, -0.15) is 0 Å². The highest BCUT2D eigenvalue weighted by atomic mass is 35.5. The highest BCUT2D eigenvalue weighted by molar-refractivity contribution is 6.30. The molecule has 0 nitrogen and oxygen atoms in total. The second kappa shape index (κ2) is 3.16. The normalized spacial score (nSPS) is 14.1. The first-order valence-corrected chi connectivity index (χ1v) is 4.36. The van der Waals surface area contributed by atoms with E-state index in [1.54, 1.807) is 0 Å². The number of hydrogen-bond acceptors (Lipinski definition) is 0. The zero-order valence-electron chi connectivity index (χ0n) is 6.63. The van der Waals surface area contributed by atoms with Crippen LogP contribution >= 0.6 is 11.6 Å². The van der Waals surface area contributed by atoms with Gasteiger partial charge in [-0.1, -0.05) is 42.0 Å². The van der Waals surface area contributed by atoms with Gasteiger partial charge in [0.25, 0.3) is 0 Å². The van der Waals surface area contributed by atoms with Crippen LogP contribution in [0.4, 0.5) is 0 Å². The molecule has 2 rings (SSSR count). The lowest BCUT2D eigenvalue weighted by Crippen LogP contribution is -1.84. The van der Waals surface area contributed by atoms with Crippen LogP contribution in [-0.4, -0.2) is 0 Å². The summed E-state index contributed by atoms with van der Waals surface area (Å²) in [6.07, 6.45) is 9.34. The molecule has 0 fully saturated rings. The van der Waals surface area contributed by atoms with Gasteiger partial charge in [0.15, 0.2) is 0 Å². The van der Waals surface area contributed by atoms with Crippen LogP contribution in [-0.2, 0) is 6.42 Å². The maximum Gasteiger partial charge on any atom is 0.0412 e. The van der Waals surface area contributed by atoms with Crippen molar-refractivity contribution in [3.63, 3.8) is 0 Å². The van der Waals surface area contributed by atoms with Crippen molar-refractivity contribution < 1.29 is 0 Å². The number of allylic oxidation sites excluding steroid dienone is 3. The number of benzene rings is 1. The van der Waals surface area contributed by atoms with Crippen molar-refractivity contribution in [2.75, 3.05) is 0 Å². The minimum atomic E-state index is 0.806. The molecule has 12 heavy (non-hydrogen) atoms. The molecular formula is C11H9Cl. The Morgan fingerprint density at radius 3 is 3.00 bits per heavy atom. The predicted octanol–water partition coefficient (Wildman–Crippen LogP) is 3.47. The third-order valence-corrected chi connectivity index (χ3v) is 2.20. The van der Waals surface area contributed by atoms with Crippen LogP contribution in [0.5, 0.6) is 0 Å². The average Bonchev–Trinajstić information content (AvgIpc) is 2.28. The Hall–Kier alpha value is -1.01. The van der Waals surface area contributed by atoms with E-state index in [1.165, 1.54) is 11.1 Å². The minimum Gasteiger partial charge on any atom is -0.0843 e. The Balaban J connectivity index is 2.53. The van der Waals surface area contributed by atoms with Gasteiger partial charge >= 0.3 is 0 Å². The van der Waals surface area contributed by atoms with E-state index >= 15 is 0 Å². The van der Waals surface area contributed by atoms with Gasteiger partial charge in [0.05, 0.1) is 0 Å². The molecule has 1 aromatic carbocycles. The maximum absolute atomic E-state index is 5.88. The molecule has 0 saturated carbocycles. The Morgan fingerprint density at radius 1 is 1.17 bits per heavy atom. The van der Waals surface area contributed by atoms with Gasteiger partial charge in [0, 0.05) is 5.02 Å². The minimum absolute atomic E-state index is 0.806. The molecule has 0 bridgehead atoms. The quantitative estimate of drug-likeness (QED) is 0.568. The number of fused-ring (bicyclic) bond motifs is 1. The Morgan fingerprint density at radius 2 is 2.08 bits per heavy atom. The molecule has 0 heterocycles. The molecule has 0 atom stereocenters. The fraction of sp³-hybridized carbons (Fsp3) is 0.0909. The molecule has 0 N–H and O–H groups in total. The lowest BCUT2D eigenvalue weighted by molar-refractivity contribution is 1.27. The number of hydrogen-bond donors (Lipinski definition) is 0. The summed E-state index contributed by atoms with van der Waals surface area (Å²) in [5.41, 5.74) is 2.57. The molecule has 60 valence electrons. The lowest BCUT2D eigenvalue weighted by atomic mass is 10.1. The molecule has 1 aromatic rings. The Kier molecular flexibility index (Phi) is 2.01. The van der Waals surface area contributed by atoms with Crippen LogP contribution in [0.15, 0.2) is 36.4 Å². The summed E-state index contributed by atoms with van der Waals surface area (Å²) in [4.78, 5) is 0. The van der Waals surface area contributed by atoms with Gasteiger partial charge in [0.2, 0.25) is 0 Å². The van der Waals surface area contributed by atoms with Crippen LogP contribution in [0.1, 0.15) is 11.1 Å². The SMILES string of the molecule is Clc1ccc2c(c1)C=CC=CC2. The summed E-state index contributed by atoms with van der Waals surface area (Å²) in [5.74, 6) is 0. The van der Waals surface area contributed by atoms with Crippen molar-refractivity contribution in [3.05, 3.63) is 52.6 Å². The van der Waals surface area contributed by atoms with Crippen LogP contribution in [0.25, 0.3) is 6.08 Å². The molecule has 0 amide bonds. The van der Waals surface area contributed by atoms with Crippen LogP contribution in [0.3, 0.4) is 0 Å². The molecule has 0 aliphatic heterocycles. The third-order valence-electron chi connectivity index (χ3n) is 1.97. The van der Waals surface area contributed by atoms with Gasteiger partial charge in [-0.05, 0) is 29.7 Å². The summed E-state index contributed by atoms with van der Waals surface area (Å²) < 4.78 is 0. The third kappa shape index (κ3) is 1.44. The molecule has 0 saturated heterocycles. The highest BCUT2D eigenvalue weighted by Gasteiger charge is 2.00. The van der Waals surface area contributed by atoms with E-state index in [0.717, 1.165) is 11.4 Å². The summed E-state index contributed by atoms with van der Waals surface area (Å²) in [6.45, 7) is 0. The molecule has 0 spiro atoms. The van der Waals surface area contributed by atoms with E-state index in [4.69, 9.17) is 11.6 Å². The maximum atomic E-state index is 5.88. The van der Waals surface area contributed by atoms with Crippen molar-refractivity contribution in [1.29, 1.82) is 0 Å². The summed E-state index contributed by atoms with van der Waals surface area (Å²) in [6, 6.07) is 6.02. The average molecular weight is 177 g/mol. The van der Waals surface area contributed by atoms with Gasteiger partial charge < -0.3 is 0 Å². The monoisotopic (exact) mass is 176 g/mol. The smallest absolute Gasteiger partial charge is 0.0412 e. The van der Waals surface area contributed by atoms with Crippen molar-refractivity contribution in [2.24, 2.45) is 0 Å². The van der Waals surface area contributed by atoms with E-state index < -0.39 is 0 Å². The Labute approximate surface area is 77.2 Å². The zero-order valence-corrected chi connectivity index (χ0v) is 7.38. The van der Waals surface area contributed by atoms with Crippen LogP contribution in [0.2, 0.25) is 5.02 Å². The van der Waals surface area contributed by atoms with Gasteiger partial charge in [-0.3, -0.25) is 0 Å². The first kappa shape index (κ1) is 7.63. The molecule has 0 unspecified atom stereocenters. The molecule has 1 aliphatic carbocycles. The van der Waals surface area contributed by atoms with Crippen molar-refractivity contribution in [2.45, 2.75) is 6.42 Å². The molecular weight excluding hydrogens is 168 g/mol. The Bertz CT molecular complexity index is 348. The topological polar surface area (TPSA) is 0 Å². The molecule has 1 aliphatic rings. The van der Waals surface area contributed by atoms with E-state index in [0.29, 0.717) is 0 Å². The fourth-order valence-electron chi connectivity index (χ4n) is 1.34. The van der Waals surface area contributed by atoms with E-state index in [1.807, 2.05) is 18.2 Å². The standard InChI is InChI=1S/C11H9Cl/c12-11-7-6-9-4-2-1-3-5-10(9)8-11/h1-3,5-8H,4H2. The summed E-state index contributed by atoms with van der Waals surface area (Å²) >= 11 is 5.88.